The fourth-order valence-corrected chi connectivity index (χ4v) is 4.24. The number of hydrogen-bond donors (Lipinski definition) is 1. The van der Waals surface area contributed by atoms with Crippen LogP contribution in [0.1, 0.15) is 31.2 Å². The lowest BCUT2D eigenvalue weighted by Gasteiger charge is -2.31. The van der Waals surface area contributed by atoms with Gasteiger partial charge in [0.1, 0.15) is 5.75 Å². The molecule has 0 spiro atoms. The third kappa shape index (κ3) is 4.00. The lowest BCUT2D eigenvalue weighted by Crippen LogP contribution is -2.44. The molecule has 2 fully saturated rings. The smallest absolute Gasteiger partial charge is 0.324 e. The molecule has 5 rings (SSSR count). The molecule has 1 aliphatic carbocycles. The highest BCUT2D eigenvalue weighted by Gasteiger charge is 2.46. The molecule has 1 aliphatic heterocycles. The van der Waals surface area contributed by atoms with Crippen LogP contribution in [0.25, 0.3) is 11.4 Å². The molecule has 0 bridgehead atoms. The molecule has 160 valence electrons. The van der Waals surface area contributed by atoms with Crippen molar-refractivity contribution in [1.29, 1.82) is 0 Å². The molecule has 1 saturated carbocycles. The summed E-state index contributed by atoms with van der Waals surface area (Å²) in [4.78, 5) is 19.5. The Kier molecular flexibility index (Phi) is 5.10. The van der Waals surface area contributed by atoms with Gasteiger partial charge in [0.15, 0.2) is 0 Å². The topological polar surface area (TPSA) is 80.5 Å². The van der Waals surface area contributed by atoms with Crippen molar-refractivity contribution in [1.82, 2.24) is 15.5 Å². The molecule has 31 heavy (non-hydrogen) atoms. The zero-order valence-electron chi connectivity index (χ0n) is 17.6. The molecule has 1 N–H and O–H groups in total. The maximum atomic E-state index is 12.9. The highest BCUT2D eigenvalue weighted by atomic mass is 16.5. The van der Waals surface area contributed by atoms with Crippen molar-refractivity contribution in [2.75, 3.05) is 25.1 Å². The highest BCUT2D eigenvalue weighted by molar-refractivity contribution is 5.80. The van der Waals surface area contributed by atoms with Crippen LogP contribution in [0.2, 0.25) is 0 Å². The summed E-state index contributed by atoms with van der Waals surface area (Å²) in [6.07, 6.45) is 3.57. The third-order valence-corrected chi connectivity index (χ3v) is 6.34. The van der Waals surface area contributed by atoms with Crippen molar-refractivity contribution in [2.24, 2.45) is 5.92 Å². The molecule has 2 aromatic carbocycles. The predicted octanol–water partition coefficient (Wildman–Crippen LogP) is 3.77. The molecule has 2 aliphatic rings. The number of anilines is 1. The minimum atomic E-state index is -0.158. The van der Waals surface area contributed by atoms with E-state index in [-0.39, 0.29) is 17.4 Å². The van der Waals surface area contributed by atoms with E-state index in [1.165, 1.54) is 5.56 Å². The van der Waals surface area contributed by atoms with Crippen LogP contribution in [0.5, 0.6) is 5.75 Å². The van der Waals surface area contributed by atoms with Crippen LogP contribution in [0, 0.1) is 5.92 Å². The van der Waals surface area contributed by atoms with Crippen molar-refractivity contribution in [3.05, 3.63) is 60.2 Å². The summed E-state index contributed by atoms with van der Waals surface area (Å²) in [5, 5.41) is 7.44. The van der Waals surface area contributed by atoms with E-state index in [2.05, 4.69) is 32.5 Å². The van der Waals surface area contributed by atoms with Gasteiger partial charge in [-0.1, -0.05) is 35.5 Å². The number of ether oxygens (including phenoxy) is 1. The number of carbonyl (C=O) groups excluding carboxylic acids is 1. The Labute approximate surface area is 181 Å². The van der Waals surface area contributed by atoms with Gasteiger partial charge in [-0.05, 0) is 55.5 Å². The van der Waals surface area contributed by atoms with E-state index >= 15 is 0 Å². The largest absolute Gasteiger partial charge is 0.497 e. The van der Waals surface area contributed by atoms with Gasteiger partial charge in [0.25, 0.3) is 0 Å². The van der Waals surface area contributed by atoms with Crippen LogP contribution in [0.4, 0.5) is 6.01 Å². The Morgan fingerprint density at radius 3 is 2.45 bits per heavy atom. The maximum absolute atomic E-state index is 12.9. The molecule has 1 saturated heterocycles. The SMILES string of the molecule is COc1ccc(-c2noc(N3CCC(C(=O)NC4(c5ccccc5)CC4)CC3)n2)cc1. The Balaban J connectivity index is 1.18. The average Bonchev–Trinajstić information content (AvgIpc) is 3.44. The van der Waals surface area contributed by atoms with E-state index < -0.39 is 0 Å². The normalized spacial score (nSPS) is 17.9. The number of nitrogens with one attached hydrogen (secondary N) is 1. The van der Waals surface area contributed by atoms with Crippen molar-refractivity contribution >= 4 is 11.9 Å². The van der Waals surface area contributed by atoms with Crippen molar-refractivity contribution in [3.8, 4) is 17.1 Å². The Hall–Kier alpha value is -3.35. The zero-order valence-corrected chi connectivity index (χ0v) is 17.6. The molecular weight excluding hydrogens is 392 g/mol. The van der Waals surface area contributed by atoms with Gasteiger partial charge >= 0.3 is 6.01 Å². The van der Waals surface area contributed by atoms with Gasteiger partial charge in [0.2, 0.25) is 11.7 Å². The lowest BCUT2D eigenvalue weighted by molar-refractivity contribution is -0.126. The highest BCUT2D eigenvalue weighted by Crippen LogP contribution is 2.45. The molecule has 1 amide bonds. The minimum Gasteiger partial charge on any atom is -0.497 e. The second-order valence-electron chi connectivity index (χ2n) is 8.33. The van der Waals surface area contributed by atoms with Crippen molar-refractivity contribution in [2.45, 2.75) is 31.2 Å². The van der Waals surface area contributed by atoms with Crippen molar-refractivity contribution in [3.63, 3.8) is 0 Å². The Morgan fingerprint density at radius 1 is 1.10 bits per heavy atom. The first-order valence-corrected chi connectivity index (χ1v) is 10.8. The molecule has 3 aromatic rings. The number of aromatic nitrogens is 2. The second kappa shape index (κ2) is 8.06. The van der Waals surface area contributed by atoms with Crippen LogP contribution >= 0.6 is 0 Å². The summed E-state index contributed by atoms with van der Waals surface area (Å²) in [6.45, 7) is 1.45. The molecule has 1 aromatic heterocycles. The van der Waals surface area contributed by atoms with E-state index in [0.29, 0.717) is 11.8 Å². The van der Waals surface area contributed by atoms with Gasteiger partial charge in [0, 0.05) is 24.6 Å². The van der Waals surface area contributed by atoms with E-state index in [9.17, 15) is 4.79 Å². The maximum Gasteiger partial charge on any atom is 0.324 e. The van der Waals surface area contributed by atoms with Gasteiger partial charge < -0.3 is 19.5 Å². The minimum absolute atomic E-state index is 0.0152. The average molecular weight is 418 g/mol. The predicted molar refractivity (Wildman–Crippen MR) is 117 cm³/mol. The van der Waals surface area contributed by atoms with Crippen LogP contribution in [0.3, 0.4) is 0 Å². The number of amides is 1. The van der Waals surface area contributed by atoms with Crippen molar-refractivity contribution < 1.29 is 14.1 Å². The first kappa shape index (κ1) is 19.6. The summed E-state index contributed by atoms with van der Waals surface area (Å²) in [5.41, 5.74) is 1.92. The first-order chi connectivity index (χ1) is 15.2. The summed E-state index contributed by atoms with van der Waals surface area (Å²) in [7, 11) is 1.64. The van der Waals surface area contributed by atoms with E-state index in [1.54, 1.807) is 7.11 Å². The molecule has 0 atom stereocenters. The van der Waals surface area contributed by atoms with E-state index in [4.69, 9.17) is 9.26 Å². The number of rotatable bonds is 6. The number of hydrogen-bond acceptors (Lipinski definition) is 6. The van der Waals surface area contributed by atoms with Gasteiger partial charge in [-0.15, -0.1) is 0 Å². The number of nitrogens with zero attached hydrogens (tertiary/aromatic N) is 3. The molecule has 0 radical (unpaired) electrons. The molecule has 0 unspecified atom stereocenters. The standard InChI is InChI=1S/C24H26N4O3/c1-30-20-9-7-17(8-10-20)21-25-23(31-27-21)28-15-11-18(12-16-28)22(29)26-24(13-14-24)19-5-3-2-4-6-19/h2-10,18H,11-16H2,1H3,(H,26,29). The Morgan fingerprint density at radius 2 is 1.81 bits per heavy atom. The zero-order chi connectivity index (χ0) is 21.3. The molecule has 7 heteroatoms. The summed E-state index contributed by atoms with van der Waals surface area (Å²) < 4.78 is 10.7. The van der Waals surface area contributed by atoms with Crippen LogP contribution in [-0.4, -0.2) is 36.2 Å². The monoisotopic (exact) mass is 418 g/mol. The van der Waals surface area contributed by atoms with E-state index in [1.807, 2.05) is 42.5 Å². The molecular formula is C24H26N4O3. The first-order valence-electron chi connectivity index (χ1n) is 10.8. The quantitative estimate of drug-likeness (QED) is 0.656. The summed E-state index contributed by atoms with van der Waals surface area (Å²) in [5.74, 6) is 1.51. The number of piperidine rings is 1. The number of methoxy groups -OCH3 is 1. The van der Waals surface area contributed by atoms with Crippen LogP contribution in [-0.2, 0) is 10.3 Å². The second-order valence-corrected chi connectivity index (χ2v) is 8.33. The Bertz CT molecular complexity index is 1040. The van der Waals surface area contributed by atoms with Gasteiger partial charge in [-0.2, -0.15) is 4.98 Å². The van der Waals surface area contributed by atoms with Crippen LogP contribution in [0.15, 0.2) is 59.1 Å². The van der Waals surface area contributed by atoms with Crippen LogP contribution < -0.4 is 15.0 Å². The fourth-order valence-electron chi connectivity index (χ4n) is 4.24. The molecule has 2 heterocycles. The third-order valence-electron chi connectivity index (χ3n) is 6.34. The van der Waals surface area contributed by atoms with Gasteiger partial charge in [-0.3, -0.25) is 4.79 Å². The lowest BCUT2D eigenvalue weighted by atomic mass is 9.94. The van der Waals surface area contributed by atoms with E-state index in [0.717, 1.165) is 50.1 Å². The number of carbonyl (C=O) groups is 1. The summed E-state index contributed by atoms with van der Waals surface area (Å²) >= 11 is 0. The van der Waals surface area contributed by atoms with Gasteiger partial charge in [-0.25, -0.2) is 0 Å². The summed E-state index contributed by atoms with van der Waals surface area (Å²) in [6, 6.07) is 18.3. The fraction of sp³-hybridized carbons (Fsp3) is 0.375. The number of benzene rings is 2. The van der Waals surface area contributed by atoms with Gasteiger partial charge in [0.05, 0.1) is 12.6 Å². The molecule has 7 nitrogen and oxygen atoms in total.